The van der Waals surface area contributed by atoms with Crippen LogP contribution in [0.25, 0.3) is 0 Å². The molecule has 13 heavy (non-hydrogen) atoms. The minimum absolute atomic E-state index is 0.124. The van der Waals surface area contributed by atoms with Crippen molar-refractivity contribution >= 4 is 0 Å². The van der Waals surface area contributed by atoms with E-state index < -0.39 is 0 Å². The summed E-state index contributed by atoms with van der Waals surface area (Å²) < 4.78 is 0. The maximum atomic E-state index is 5.94. The van der Waals surface area contributed by atoms with Crippen LogP contribution in [-0.2, 0) is 0 Å². The van der Waals surface area contributed by atoms with Gasteiger partial charge in [-0.15, -0.1) is 5.92 Å². The van der Waals surface area contributed by atoms with Crippen molar-refractivity contribution in [2.75, 3.05) is 0 Å². The highest BCUT2D eigenvalue weighted by Crippen LogP contribution is 2.33. The summed E-state index contributed by atoms with van der Waals surface area (Å²) in [6.07, 6.45) is 4.83. The van der Waals surface area contributed by atoms with Crippen LogP contribution in [-0.4, -0.2) is 6.04 Å². The van der Waals surface area contributed by atoms with E-state index in [9.17, 15) is 0 Å². The van der Waals surface area contributed by atoms with E-state index in [4.69, 9.17) is 5.73 Å². The van der Waals surface area contributed by atoms with Crippen molar-refractivity contribution in [3.8, 4) is 11.8 Å². The lowest BCUT2D eigenvalue weighted by molar-refractivity contribution is 0.562. The van der Waals surface area contributed by atoms with Crippen LogP contribution in [0.4, 0.5) is 0 Å². The van der Waals surface area contributed by atoms with Crippen LogP contribution in [0, 0.1) is 23.2 Å². The van der Waals surface area contributed by atoms with E-state index >= 15 is 0 Å². The van der Waals surface area contributed by atoms with E-state index in [0.29, 0.717) is 6.04 Å². The van der Waals surface area contributed by atoms with Crippen molar-refractivity contribution < 1.29 is 0 Å². The minimum atomic E-state index is 0.124. The van der Waals surface area contributed by atoms with E-state index in [1.54, 1.807) is 0 Å². The van der Waals surface area contributed by atoms with Crippen molar-refractivity contribution in [2.45, 2.75) is 52.5 Å². The topological polar surface area (TPSA) is 26.0 Å². The molecule has 1 atom stereocenters. The molecule has 0 heterocycles. The van der Waals surface area contributed by atoms with Crippen molar-refractivity contribution in [3.63, 3.8) is 0 Å². The summed E-state index contributed by atoms with van der Waals surface area (Å²) in [6.45, 7) is 6.39. The molecule has 1 fully saturated rings. The first-order valence-corrected chi connectivity index (χ1v) is 5.23. The molecule has 0 aromatic heterocycles. The third-order valence-corrected chi connectivity index (χ3v) is 2.16. The minimum Gasteiger partial charge on any atom is -0.327 e. The molecule has 1 nitrogen and oxygen atoms in total. The molecule has 1 aliphatic rings. The molecule has 0 spiro atoms. The van der Waals surface area contributed by atoms with Gasteiger partial charge < -0.3 is 5.73 Å². The lowest BCUT2D eigenvalue weighted by Crippen LogP contribution is -2.19. The Kier molecular flexibility index (Phi) is 3.39. The molecule has 1 heteroatoms. The molecular formula is C12H21N. The van der Waals surface area contributed by atoms with E-state index in [-0.39, 0.29) is 5.41 Å². The molecule has 0 saturated heterocycles. The molecule has 0 aliphatic heterocycles. The molecule has 1 aliphatic carbocycles. The second-order valence-corrected chi connectivity index (χ2v) is 5.20. The number of nitrogens with two attached hydrogens (primary N) is 1. The standard InChI is InChI=1S/C12H21N/c1-12(2,3)8-4-5-11(13)9-10-6-7-10/h10-11H,5-7,9,13H2,1-3H3. The summed E-state index contributed by atoms with van der Waals surface area (Å²) in [7, 11) is 0. The van der Waals surface area contributed by atoms with Crippen molar-refractivity contribution in [1.29, 1.82) is 0 Å². The Morgan fingerprint density at radius 2 is 2.00 bits per heavy atom. The van der Waals surface area contributed by atoms with Gasteiger partial charge in [0, 0.05) is 17.9 Å². The van der Waals surface area contributed by atoms with E-state index in [2.05, 4.69) is 32.6 Å². The normalized spacial score (nSPS) is 19.1. The van der Waals surface area contributed by atoms with Gasteiger partial charge >= 0.3 is 0 Å². The van der Waals surface area contributed by atoms with Crippen LogP contribution < -0.4 is 5.73 Å². The Morgan fingerprint density at radius 3 is 2.46 bits per heavy atom. The summed E-state index contributed by atoms with van der Waals surface area (Å²) in [5.41, 5.74) is 6.07. The fourth-order valence-electron chi connectivity index (χ4n) is 1.31. The molecule has 1 rings (SSSR count). The zero-order chi connectivity index (χ0) is 9.90. The van der Waals surface area contributed by atoms with Gasteiger partial charge in [-0.1, -0.05) is 18.8 Å². The van der Waals surface area contributed by atoms with Crippen molar-refractivity contribution in [1.82, 2.24) is 0 Å². The summed E-state index contributed by atoms with van der Waals surface area (Å²) in [5, 5.41) is 0. The second kappa shape index (κ2) is 4.15. The average Bonchev–Trinajstić information content (AvgIpc) is 2.68. The fraction of sp³-hybridized carbons (Fsp3) is 0.833. The zero-order valence-corrected chi connectivity index (χ0v) is 9.06. The summed E-state index contributed by atoms with van der Waals surface area (Å²) >= 11 is 0. The first kappa shape index (κ1) is 10.6. The van der Waals surface area contributed by atoms with Gasteiger partial charge in [0.2, 0.25) is 0 Å². The quantitative estimate of drug-likeness (QED) is 0.662. The fourth-order valence-corrected chi connectivity index (χ4v) is 1.31. The van der Waals surface area contributed by atoms with Crippen molar-refractivity contribution in [2.24, 2.45) is 17.1 Å². The summed E-state index contributed by atoms with van der Waals surface area (Å²) in [5.74, 6) is 7.32. The van der Waals surface area contributed by atoms with Crippen LogP contribution in [0.1, 0.15) is 46.5 Å². The van der Waals surface area contributed by atoms with Gasteiger partial charge in [-0.05, 0) is 33.1 Å². The smallest absolute Gasteiger partial charge is 0.0241 e. The maximum Gasteiger partial charge on any atom is 0.0241 e. The van der Waals surface area contributed by atoms with Gasteiger partial charge in [0.15, 0.2) is 0 Å². The number of hydrogen-bond donors (Lipinski definition) is 1. The first-order valence-electron chi connectivity index (χ1n) is 5.23. The van der Waals surface area contributed by atoms with Crippen LogP contribution >= 0.6 is 0 Å². The molecule has 2 N–H and O–H groups in total. The Balaban J connectivity index is 2.18. The largest absolute Gasteiger partial charge is 0.327 e. The van der Waals surface area contributed by atoms with Gasteiger partial charge in [0.05, 0.1) is 0 Å². The lowest BCUT2D eigenvalue weighted by Gasteiger charge is -2.09. The molecule has 0 bridgehead atoms. The second-order valence-electron chi connectivity index (χ2n) is 5.20. The first-order chi connectivity index (χ1) is 5.97. The lowest BCUT2D eigenvalue weighted by atomic mass is 9.97. The van der Waals surface area contributed by atoms with Gasteiger partial charge in [0.1, 0.15) is 0 Å². The van der Waals surface area contributed by atoms with Crippen LogP contribution in [0.3, 0.4) is 0 Å². The van der Waals surface area contributed by atoms with Gasteiger partial charge in [0.25, 0.3) is 0 Å². The Labute approximate surface area is 82.1 Å². The van der Waals surface area contributed by atoms with Gasteiger partial charge in [-0.2, -0.15) is 0 Å². The van der Waals surface area contributed by atoms with Gasteiger partial charge in [-0.3, -0.25) is 0 Å². The third kappa shape index (κ3) is 5.71. The molecular weight excluding hydrogens is 158 g/mol. The Bertz CT molecular complexity index is 210. The summed E-state index contributed by atoms with van der Waals surface area (Å²) in [6, 6.07) is 0.308. The molecule has 0 aromatic carbocycles. The molecule has 0 aromatic rings. The molecule has 1 unspecified atom stereocenters. The van der Waals surface area contributed by atoms with Gasteiger partial charge in [-0.25, -0.2) is 0 Å². The molecule has 1 saturated carbocycles. The predicted octanol–water partition coefficient (Wildman–Crippen LogP) is 2.55. The zero-order valence-electron chi connectivity index (χ0n) is 9.06. The third-order valence-electron chi connectivity index (χ3n) is 2.16. The molecule has 0 radical (unpaired) electrons. The van der Waals surface area contributed by atoms with E-state index in [0.717, 1.165) is 12.3 Å². The Hall–Kier alpha value is -0.480. The average molecular weight is 179 g/mol. The molecule has 0 amide bonds. The Morgan fingerprint density at radius 1 is 1.38 bits per heavy atom. The number of hydrogen-bond acceptors (Lipinski definition) is 1. The number of rotatable bonds is 3. The highest BCUT2D eigenvalue weighted by Gasteiger charge is 2.23. The summed E-state index contributed by atoms with van der Waals surface area (Å²) in [4.78, 5) is 0. The van der Waals surface area contributed by atoms with E-state index in [1.165, 1.54) is 19.3 Å². The maximum absolute atomic E-state index is 5.94. The van der Waals surface area contributed by atoms with Crippen molar-refractivity contribution in [3.05, 3.63) is 0 Å². The SMILES string of the molecule is CC(C)(C)C#CCC(N)CC1CC1. The molecule has 74 valence electrons. The highest BCUT2D eigenvalue weighted by molar-refractivity contribution is 5.08. The van der Waals surface area contributed by atoms with Crippen LogP contribution in [0.15, 0.2) is 0 Å². The predicted molar refractivity (Wildman–Crippen MR) is 57.2 cm³/mol. The van der Waals surface area contributed by atoms with E-state index in [1.807, 2.05) is 0 Å². The monoisotopic (exact) mass is 179 g/mol. The van der Waals surface area contributed by atoms with Crippen LogP contribution in [0.5, 0.6) is 0 Å². The van der Waals surface area contributed by atoms with Crippen LogP contribution in [0.2, 0.25) is 0 Å². The highest BCUT2D eigenvalue weighted by atomic mass is 14.6.